The van der Waals surface area contributed by atoms with Gasteiger partial charge in [0, 0.05) is 16.9 Å². The maximum Gasteiger partial charge on any atom is 0.336 e. The number of benzene rings is 1. The molecule has 1 heterocycles. The number of hydrogen-bond donors (Lipinski definition) is 1. The van der Waals surface area contributed by atoms with Gasteiger partial charge in [-0.25, -0.2) is 9.36 Å². The topological polar surface area (TPSA) is 70.0 Å². The van der Waals surface area contributed by atoms with Crippen molar-refractivity contribution >= 4 is 39.3 Å². The molecule has 0 saturated carbocycles. The van der Waals surface area contributed by atoms with Crippen LogP contribution in [-0.4, -0.2) is 14.5 Å². The zero-order valence-electron chi connectivity index (χ0n) is 9.96. The summed E-state index contributed by atoms with van der Waals surface area (Å²) in [6.45, 7) is 0. The van der Waals surface area contributed by atoms with Crippen molar-refractivity contribution in [3.8, 4) is 5.69 Å². The van der Waals surface area contributed by atoms with Crippen molar-refractivity contribution in [3.63, 3.8) is 0 Å². The average molecular weight is 340 g/mol. The summed E-state index contributed by atoms with van der Waals surface area (Å²) < 4.78 is 3.12. The van der Waals surface area contributed by atoms with Gasteiger partial charge in [0.2, 0.25) is 0 Å². The van der Waals surface area contributed by atoms with E-state index in [0.29, 0.717) is 5.69 Å². The minimum absolute atomic E-state index is 0.0467. The van der Waals surface area contributed by atoms with E-state index in [1.807, 2.05) is 0 Å². The Morgan fingerprint density at radius 3 is 2.37 bits per heavy atom. The average Bonchev–Trinajstić information content (AvgIpc) is 2.39. The standard InChI is InChI=1S/C12H10BrN3O2S/c1-15-11(17)9(6-19)10(14)16(12(15)18)8-4-2-7(13)3-5-8/h2-6H,14H2,1H3. The number of nitrogen functional groups attached to an aromatic ring is 1. The Balaban J connectivity index is 2.88. The lowest BCUT2D eigenvalue weighted by molar-refractivity contribution is 0.733. The summed E-state index contributed by atoms with van der Waals surface area (Å²) in [6, 6.07) is 7.01. The molecule has 0 amide bonds. The molecular formula is C12H10BrN3O2S. The first-order valence-electron chi connectivity index (χ1n) is 5.30. The van der Waals surface area contributed by atoms with Gasteiger partial charge in [-0.15, -0.1) is 0 Å². The summed E-state index contributed by atoms with van der Waals surface area (Å²) >= 11 is 8.10. The molecule has 5 nitrogen and oxygen atoms in total. The molecule has 0 bridgehead atoms. The molecule has 0 radical (unpaired) electrons. The highest BCUT2D eigenvalue weighted by Gasteiger charge is 2.14. The van der Waals surface area contributed by atoms with Gasteiger partial charge in [-0.1, -0.05) is 28.1 Å². The fraction of sp³-hybridized carbons (Fsp3) is 0.0833. The smallest absolute Gasteiger partial charge is 0.336 e. The zero-order chi connectivity index (χ0) is 14.2. The van der Waals surface area contributed by atoms with Crippen molar-refractivity contribution in [2.75, 3.05) is 5.73 Å². The van der Waals surface area contributed by atoms with Gasteiger partial charge < -0.3 is 5.73 Å². The Labute approximate surface area is 122 Å². The van der Waals surface area contributed by atoms with Gasteiger partial charge >= 0.3 is 5.69 Å². The molecule has 0 aliphatic rings. The number of anilines is 1. The Kier molecular flexibility index (Phi) is 3.68. The van der Waals surface area contributed by atoms with E-state index in [9.17, 15) is 9.59 Å². The molecule has 7 heteroatoms. The largest absolute Gasteiger partial charge is 0.384 e. The Morgan fingerprint density at radius 2 is 1.84 bits per heavy atom. The van der Waals surface area contributed by atoms with Gasteiger partial charge in [0.05, 0.1) is 11.3 Å². The number of aromatic nitrogens is 2. The zero-order valence-corrected chi connectivity index (χ0v) is 12.4. The van der Waals surface area contributed by atoms with E-state index in [-0.39, 0.29) is 11.4 Å². The van der Waals surface area contributed by atoms with Crippen LogP contribution in [0.25, 0.3) is 5.69 Å². The predicted molar refractivity (Wildman–Crippen MR) is 82.1 cm³/mol. The molecule has 1 aromatic carbocycles. The third kappa shape index (κ3) is 2.26. The van der Waals surface area contributed by atoms with Crippen LogP contribution in [0.4, 0.5) is 5.82 Å². The highest BCUT2D eigenvalue weighted by molar-refractivity contribution is 9.10. The first kappa shape index (κ1) is 13.7. The van der Waals surface area contributed by atoms with E-state index in [2.05, 4.69) is 15.9 Å². The second kappa shape index (κ2) is 5.10. The van der Waals surface area contributed by atoms with Crippen molar-refractivity contribution in [1.29, 1.82) is 0 Å². The van der Waals surface area contributed by atoms with Crippen LogP contribution in [0.1, 0.15) is 5.56 Å². The summed E-state index contributed by atoms with van der Waals surface area (Å²) in [5.41, 5.74) is 5.58. The molecular weight excluding hydrogens is 330 g/mol. The lowest BCUT2D eigenvalue weighted by atomic mass is 10.3. The first-order valence-corrected chi connectivity index (χ1v) is 6.56. The normalized spacial score (nSPS) is 10.4. The lowest BCUT2D eigenvalue weighted by Gasteiger charge is -2.13. The van der Waals surface area contributed by atoms with Crippen LogP contribution in [0, 0.1) is 0 Å². The van der Waals surface area contributed by atoms with Crippen LogP contribution >= 0.6 is 28.1 Å². The van der Waals surface area contributed by atoms with E-state index in [1.165, 1.54) is 17.0 Å². The molecule has 2 aromatic rings. The molecule has 1 aromatic heterocycles. The summed E-state index contributed by atoms with van der Waals surface area (Å²) in [4.78, 5) is 24.0. The van der Waals surface area contributed by atoms with Crippen LogP contribution in [-0.2, 0) is 7.05 Å². The molecule has 2 N–H and O–H groups in total. The van der Waals surface area contributed by atoms with Gasteiger partial charge in [0.25, 0.3) is 5.56 Å². The predicted octanol–water partition coefficient (Wildman–Crippen LogP) is 1.23. The van der Waals surface area contributed by atoms with Gasteiger partial charge in [-0.05, 0) is 24.3 Å². The Hall–Kier alpha value is -1.73. The van der Waals surface area contributed by atoms with Crippen LogP contribution in [0.2, 0.25) is 0 Å². The van der Waals surface area contributed by atoms with Crippen molar-refractivity contribution in [3.05, 3.63) is 55.1 Å². The van der Waals surface area contributed by atoms with E-state index < -0.39 is 11.2 Å². The summed E-state index contributed by atoms with van der Waals surface area (Å²) in [6.07, 6.45) is 0. The van der Waals surface area contributed by atoms with E-state index in [4.69, 9.17) is 18.0 Å². The number of halogens is 1. The Morgan fingerprint density at radius 1 is 1.26 bits per heavy atom. The molecule has 0 saturated heterocycles. The van der Waals surface area contributed by atoms with Crippen LogP contribution < -0.4 is 17.0 Å². The number of rotatable bonds is 2. The van der Waals surface area contributed by atoms with Crippen molar-refractivity contribution in [2.45, 2.75) is 0 Å². The minimum Gasteiger partial charge on any atom is -0.384 e. The van der Waals surface area contributed by atoms with Gasteiger partial charge in [0.15, 0.2) is 0 Å². The fourth-order valence-electron chi connectivity index (χ4n) is 1.70. The third-order valence-electron chi connectivity index (χ3n) is 2.73. The first-order chi connectivity index (χ1) is 8.97. The number of hydrogen-bond acceptors (Lipinski definition) is 4. The fourth-order valence-corrected chi connectivity index (χ4v) is 2.19. The van der Waals surface area contributed by atoms with Crippen LogP contribution in [0.3, 0.4) is 0 Å². The second-order valence-corrected chi connectivity index (χ2v) is 5.03. The SMILES string of the molecule is Cn1c(=O)c(C=S)c(N)n(-c2ccc(Br)cc2)c1=O. The van der Waals surface area contributed by atoms with E-state index in [1.54, 1.807) is 24.3 Å². The molecule has 0 unspecified atom stereocenters. The van der Waals surface area contributed by atoms with Crippen molar-refractivity contribution in [2.24, 2.45) is 7.05 Å². The van der Waals surface area contributed by atoms with E-state index >= 15 is 0 Å². The monoisotopic (exact) mass is 339 g/mol. The molecule has 0 spiro atoms. The van der Waals surface area contributed by atoms with Crippen LogP contribution in [0.5, 0.6) is 0 Å². The molecule has 2 rings (SSSR count). The van der Waals surface area contributed by atoms with Gasteiger partial charge in [-0.2, -0.15) is 0 Å². The molecule has 98 valence electrons. The maximum atomic E-state index is 12.2. The lowest BCUT2D eigenvalue weighted by Crippen LogP contribution is -2.40. The molecule has 0 aliphatic heterocycles. The number of nitrogens with zero attached hydrogens (tertiary/aromatic N) is 2. The summed E-state index contributed by atoms with van der Waals surface area (Å²) in [5, 5.41) is 1.19. The highest BCUT2D eigenvalue weighted by atomic mass is 79.9. The number of thiocarbonyl (C=S) groups is 1. The number of nitrogens with two attached hydrogens (primary N) is 1. The quantitative estimate of drug-likeness (QED) is 0.835. The van der Waals surface area contributed by atoms with E-state index in [0.717, 1.165) is 9.04 Å². The molecule has 0 aliphatic carbocycles. The summed E-state index contributed by atoms with van der Waals surface area (Å²) in [7, 11) is 1.39. The van der Waals surface area contributed by atoms with Crippen LogP contribution in [0.15, 0.2) is 38.3 Å². The second-order valence-electron chi connectivity index (χ2n) is 3.88. The van der Waals surface area contributed by atoms with Gasteiger partial charge in [-0.3, -0.25) is 9.36 Å². The van der Waals surface area contributed by atoms with Crippen molar-refractivity contribution in [1.82, 2.24) is 9.13 Å². The van der Waals surface area contributed by atoms with Gasteiger partial charge in [0.1, 0.15) is 5.82 Å². The Bertz CT molecular complexity index is 762. The highest BCUT2D eigenvalue weighted by Crippen LogP contribution is 2.15. The molecule has 0 atom stereocenters. The van der Waals surface area contributed by atoms with Crippen molar-refractivity contribution < 1.29 is 0 Å². The minimum atomic E-state index is -0.509. The maximum absolute atomic E-state index is 12.2. The molecule has 19 heavy (non-hydrogen) atoms. The summed E-state index contributed by atoms with van der Waals surface area (Å²) in [5.74, 6) is 0.0467. The third-order valence-corrected chi connectivity index (χ3v) is 3.50. The molecule has 0 fully saturated rings.